The van der Waals surface area contributed by atoms with Gasteiger partial charge in [0.25, 0.3) is 0 Å². The highest BCUT2D eigenvalue weighted by Crippen LogP contribution is 2.33. The number of nitriles is 1. The Morgan fingerprint density at radius 2 is 2.19 bits per heavy atom. The Balaban J connectivity index is 2.53. The molecule has 0 aromatic heterocycles. The van der Waals surface area contributed by atoms with Crippen LogP contribution in [0, 0.1) is 17.2 Å². The second-order valence-corrected chi connectivity index (χ2v) is 5.39. The summed E-state index contributed by atoms with van der Waals surface area (Å²) in [5.74, 6) is 1.17. The van der Waals surface area contributed by atoms with Crippen molar-refractivity contribution in [3.63, 3.8) is 0 Å². The number of rotatable bonds is 4. The van der Waals surface area contributed by atoms with Gasteiger partial charge in [-0.2, -0.15) is 17.0 Å². The fourth-order valence-electron chi connectivity index (χ4n) is 2.28. The molecule has 0 radical (unpaired) electrons. The first-order chi connectivity index (χ1) is 7.65. The Bertz CT molecular complexity index is 277. The first-order valence-electron chi connectivity index (χ1n) is 5.87. The molecule has 0 saturated heterocycles. The number of carbonyl (C=O) groups is 1. The molecule has 3 nitrogen and oxygen atoms in total. The number of thioether (sulfide) groups is 1. The van der Waals surface area contributed by atoms with Crippen LogP contribution >= 0.6 is 11.8 Å². The molecule has 1 saturated carbocycles. The normalized spacial score (nSPS) is 29.4. The molecule has 0 bridgehead atoms. The highest BCUT2D eigenvalue weighted by Gasteiger charge is 2.36. The van der Waals surface area contributed by atoms with Crippen molar-refractivity contribution in [1.29, 1.82) is 5.26 Å². The summed E-state index contributed by atoms with van der Waals surface area (Å²) in [6.07, 6.45) is 6.81. The van der Waals surface area contributed by atoms with Gasteiger partial charge in [0.2, 0.25) is 5.91 Å². The van der Waals surface area contributed by atoms with Crippen molar-refractivity contribution in [3.05, 3.63) is 0 Å². The van der Waals surface area contributed by atoms with Gasteiger partial charge < -0.3 is 5.32 Å². The Morgan fingerprint density at radius 3 is 2.62 bits per heavy atom. The molecule has 0 spiro atoms. The van der Waals surface area contributed by atoms with E-state index >= 15 is 0 Å². The molecular formula is C12H20N2OS. The Morgan fingerprint density at radius 1 is 1.56 bits per heavy atom. The van der Waals surface area contributed by atoms with Crippen molar-refractivity contribution in [2.24, 2.45) is 5.92 Å². The van der Waals surface area contributed by atoms with Crippen molar-refractivity contribution < 1.29 is 4.79 Å². The van der Waals surface area contributed by atoms with Crippen molar-refractivity contribution in [2.75, 3.05) is 12.0 Å². The highest BCUT2D eigenvalue weighted by molar-refractivity contribution is 7.99. The molecule has 1 aliphatic rings. The van der Waals surface area contributed by atoms with Crippen LogP contribution in [0.3, 0.4) is 0 Å². The van der Waals surface area contributed by atoms with Crippen molar-refractivity contribution in [2.45, 2.75) is 44.6 Å². The molecule has 1 fully saturated rings. The minimum absolute atomic E-state index is 0.0102. The zero-order valence-corrected chi connectivity index (χ0v) is 10.9. The second kappa shape index (κ2) is 6.15. The number of hydrogen-bond acceptors (Lipinski definition) is 3. The fraction of sp³-hybridized carbons (Fsp3) is 0.833. The number of hydrogen-bond donors (Lipinski definition) is 1. The molecule has 4 heteroatoms. The molecule has 0 aromatic rings. The predicted octanol–water partition coefficient (Wildman–Crippen LogP) is 2.33. The molecule has 0 aromatic carbocycles. The number of amides is 1. The third kappa shape index (κ3) is 3.41. The van der Waals surface area contributed by atoms with Gasteiger partial charge in [-0.05, 0) is 37.9 Å². The van der Waals surface area contributed by atoms with Crippen molar-refractivity contribution in [3.8, 4) is 6.07 Å². The zero-order valence-electron chi connectivity index (χ0n) is 10.1. The maximum atomic E-state index is 11.5. The largest absolute Gasteiger partial charge is 0.337 e. The zero-order chi connectivity index (χ0) is 12.0. The van der Waals surface area contributed by atoms with E-state index < -0.39 is 5.54 Å². The van der Waals surface area contributed by atoms with E-state index in [1.54, 1.807) is 0 Å². The molecule has 1 N–H and O–H groups in total. The summed E-state index contributed by atoms with van der Waals surface area (Å²) >= 11 is 1.49. The van der Waals surface area contributed by atoms with Crippen LogP contribution in [0.1, 0.15) is 39.0 Å². The summed E-state index contributed by atoms with van der Waals surface area (Å²) in [5.41, 5.74) is -0.585. The van der Waals surface area contributed by atoms with E-state index in [1.165, 1.54) is 18.2 Å². The summed E-state index contributed by atoms with van der Waals surface area (Å²) in [6.45, 7) is 2.19. The Labute approximate surface area is 102 Å². The first-order valence-corrected chi connectivity index (χ1v) is 7.26. The van der Waals surface area contributed by atoms with Gasteiger partial charge in [-0.1, -0.05) is 13.3 Å². The van der Waals surface area contributed by atoms with Gasteiger partial charge in [-0.25, -0.2) is 0 Å². The average Bonchev–Trinajstić information content (AvgIpc) is 2.30. The molecule has 16 heavy (non-hydrogen) atoms. The van der Waals surface area contributed by atoms with Gasteiger partial charge in [-0.15, -0.1) is 0 Å². The maximum absolute atomic E-state index is 11.5. The quantitative estimate of drug-likeness (QED) is 0.820. The van der Waals surface area contributed by atoms with E-state index in [4.69, 9.17) is 0 Å². The summed E-state index contributed by atoms with van der Waals surface area (Å²) in [4.78, 5) is 11.5. The van der Waals surface area contributed by atoms with Crippen LogP contribution < -0.4 is 5.32 Å². The number of nitrogens with zero attached hydrogens (tertiary/aromatic N) is 1. The molecule has 0 unspecified atom stereocenters. The lowest BCUT2D eigenvalue weighted by Crippen LogP contribution is -2.50. The standard InChI is InChI=1S/C12H20N2OS/c1-3-10-4-6-12(9-13,7-5-10)14-11(15)8-16-2/h10H,3-8H2,1-2H3,(H,14,15). The number of nitrogens with one attached hydrogen (secondary N) is 1. The van der Waals surface area contributed by atoms with Gasteiger partial charge in [0.15, 0.2) is 0 Å². The third-order valence-electron chi connectivity index (χ3n) is 3.40. The van der Waals surface area contributed by atoms with Crippen LogP contribution in [0.5, 0.6) is 0 Å². The van der Waals surface area contributed by atoms with Crippen LogP contribution in [-0.2, 0) is 4.79 Å². The average molecular weight is 240 g/mol. The summed E-state index contributed by atoms with van der Waals surface area (Å²) < 4.78 is 0. The van der Waals surface area contributed by atoms with Crippen molar-refractivity contribution >= 4 is 17.7 Å². The van der Waals surface area contributed by atoms with Crippen LogP contribution in [0.4, 0.5) is 0 Å². The van der Waals surface area contributed by atoms with Gasteiger partial charge >= 0.3 is 0 Å². The van der Waals surface area contributed by atoms with Crippen LogP contribution in [0.25, 0.3) is 0 Å². The molecule has 0 heterocycles. The lowest BCUT2D eigenvalue weighted by atomic mass is 9.76. The van der Waals surface area contributed by atoms with Crippen LogP contribution in [0.2, 0.25) is 0 Å². The minimum atomic E-state index is -0.585. The van der Waals surface area contributed by atoms with Crippen molar-refractivity contribution in [1.82, 2.24) is 5.32 Å². The molecular weight excluding hydrogens is 220 g/mol. The molecule has 0 atom stereocenters. The second-order valence-electron chi connectivity index (χ2n) is 4.53. The maximum Gasteiger partial charge on any atom is 0.231 e. The molecule has 1 rings (SSSR count). The molecule has 0 aliphatic heterocycles. The van der Waals surface area contributed by atoms with Gasteiger partial charge in [0.05, 0.1) is 11.8 Å². The monoisotopic (exact) mass is 240 g/mol. The fourth-order valence-corrected chi connectivity index (χ4v) is 2.61. The summed E-state index contributed by atoms with van der Waals surface area (Å²) in [6, 6.07) is 2.31. The van der Waals surface area contributed by atoms with E-state index in [0.717, 1.165) is 31.6 Å². The van der Waals surface area contributed by atoms with E-state index in [-0.39, 0.29) is 5.91 Å². The smallest absolute Gasteiger partial charge is 0.231 e. The number of carbonyl (C=O) groups excluding carboxylic acids is 1. The third-order valence-corrected chi connectivity index (χ3v) is 3.96. The minimum Gasteiger partial charge on any atom is -0.337 e. The van der Waals surface area contributed by atoms with E-state index in [1.807, 2.05) is 6.26 Å². The molecule has 1 amide bonds. The summed E-state index contributed by atoms with van der Waals surface area (Å²) in [7, 11) is 0. The van der Waals surface area contributed by atoms with E-state index in [2.05, 4.69) is 18.3 Å². The van der Waals surface area contributed by atoms with Crippen LogP contribution in [-0.4, -0.2) is 23.5 Å². The SMILES string of the molecule is CCC1CCC(C#N)(NC(=O)CSC)CC1. The molecule has 90 valence electrons. The van der Waals surface area contributed by atoms with E-state index in [9.17, 15) is 10.1 Å². The van der Waals surface area contributed by atoms with Gasteiger partial charge in [0, 0.05) is 0 Å². The Kier molecular flexibility index (Phi) is 5.14. The van der Waals surface area contributed by atoms with Gasteiger partial charge in [0.1, 0.15) is 5.54 Å². The van der Waals surface area contributed by atoms with Crippen LogP contribution in [0.15, 0.2) is 0 Å². The lowest BCUT2D eigenvalue weighted by Gasteiger charge is -2.35. The summed E-state index contributed by atoms with van der Waals surface area (Å²) in [5, 5.41) is 12.2. The topological polar surface area (TPSA) is 52.9 Å². The molecule has 1 aliphatic carbocycles. The van der Waals surface area contributed by atoms with Gasteiger partial charge in [-0.3, -0.25) is 4.79 Å². The van der Waals surface area contributed by atoms with E-state index in [0.29, 0.717) is 5.75 Å². The highest BCUT2D eigenvalue weighted by atomic mass is 32.2. The Hall–Kier alpha value is -0.690. The first kappa shape index (κ1) is 13.4. The lowest BCUT2D eigenvalue weighted by molar-refractivity contribution is -0.120. The predicted molar refractivity (Wildman–Crippen MR) is 67.1 cm³/mol.